The maximum Gasteiger partial charge on any atom is 0.242 e. The fourth-order valence-corrected chi connectivity index (χ4v) is 2.94. The van der Waals surface area contributed by atoms with Crippen molar-refractivity contribution in [1.29, 1.82) is 0 Å². The van der Waals surface area contributed by atoms with Gasteiger partial charge >= 0.3 is 0 Å². The Morgan fingerprint density at radius 1 is 1.50 bits per heavy atom. The molecule has 0 saturated carbocycles. The van der Waals surface area contributed by atoms with E-state index in [2.05, 4.69) is 25.8 Å². The monoisotopic (exact) mass is 289 g/mol. The number of aryl methyl sites for hydroxylation is 1. The molecular weight excluding hydrogens is 274 g/mol. The third kappa shape index (κ3) is 2.83. The van der Waals surface area contributed by atoms with Gasteiger partial charge in [-0.15, -0.1) is 11.8 Å². The maximum absolute atomic E-state index is 12.0. The smallest absolute Gasteiger partial charge is 0.242 e. The van der Waals surface area contributed by atoms with Crippen LogP contribution in [0.4, 0.5) is 5.69 Å². The second kappa shape index (κ2) is 5.64. The van der Waals surface area contributed by atoms with E-state index in [1.807, 2.05) is 31.2 Å². The van der Waals surface area contributed by atoms with Gasteiger partial charge in [-0.1, -0.05) is 12.1 Å². The zero-order valence-corrected chi connectivity index (χ0v) is 11.8. The van der Waals surface area contributed by atoms with Crippen LogP contribution >= 0.6 is 11.8 Å². The highest BCUT2D eigenvalue weighted by molar-refractivity contribution is 7.99. The van der Waals surface area contributed by atoms with Crippen LogP contribution in [0.2, 0.25) is 0 Å². The minimum atomic E-state index is -0.116. The first-order valence-corrected chi connectivity index (χ1v) is 7.49. The number of hydrogen-bond acceptors (Lipinski definition) is 5. The van der Waals surface area contributed by atoms with Gasteiger partial charge in [0.1, 0.15) is 5.82 Å². The summed E-state index contributed by atoms with van der Waals surface area (Å²) in [5.41, 5.74) is 1.63. The van der Waals surface area contributed by atoms with Crippen molar-refractivity contribution < 1.29 is 4.79 Å². The Kier molecular flexibility index (Phi) is 3.70. The number of anilines is 1. The predicted octanol–water partition coefficient (Wildman–Crippen LogP) is 1.38. The molecule has 2 aromatic rings. The Morgan fingerprint density at radius 2 is 2.40 bits per heavy atom. The molecule has 1 aromatic carbocycles. The van der Waals surface area contributed by atoms with Gasteiger partial charge in [0.15, 0.2) is 5.82 Å². The predicted molar refractivity (Wildman–Crippen MR) is 79.4 cm³/mol. The third-order valence-electron chi connectivity index (χ3n) is 3.02. The summed E-state index contributed by atoms with van der Waals surface area (Å²) in [7, 11) is 0. The van der Waals surface area contributed by atoms with E-state index in [0.29, 0.717) is 5.82 Å². The van der Waals surface area contributed by atoms with Crippen molar-refractivity contribution in [2.45, 2.75) is 13.0 Å². The normalized spacial score (nSPS) is 18.1. The minimum Gasteiger partial charge on any atom is -0.325 e. The number of benzene rings is 1. The molecular formula is C13H15N5OS. The van der Waals surface area contributed by atoms with Crippen LogP contribution < -0.4 is 10.6 Å². The molecule has 0 aliphatic carbocycles. The summed E-state index contributed by atoms with van der Waals surface area (Å²) in [6.45, 7) is 1.85. The fourth-order valence-electron chi connectivity index (χ4n) is 2.00. The highest BCUT2D eigenvalue weighted by atomic mass is 32.2. The SMILES string of the molecule is Cc1nc(-c2cccc(NC(=O)C3CSCN3)c2)n[nH]1. The van der Waals surface area contributed by atoms with Gasteiger partial charge in [0.05, 0.1) is 6.04 Å². The summed E-state index contributed by atoms with van der Waals surface area (Å²) in [4.78, 5) is 16.3. The lowest BCUT2D eigenvalue weighted by atomic mass is 10.2. The summed E-state index contributed by atoms with van der Waals surface area (Å²) in [6, 6.07) is 7.43. The van der Waals surface area contributed by atoms with E-state index >= 15 is 0 Å². The number of thioether (sulfide) groups is 1. The van der Waals surface area contributed by atoms with Gasteiger partial charge in [0.25, 0.3) is 0 Å². The first kappa shape index (κ1) is 13.1. The molecule has 1 amide bonds. The van der Waals surface area contributed by atoms with E-state index in [1.165, 1.54) is 0 Å². The van der Waals surface area contributed by atoms with E-state index in [4.69, 9.17) is 0 Å². The average Bonchev–Trinajstić information content (AvgIpc) is 3.10. The van der Waals surface area contributed by atoms with Gasteiger partial charge in [0.2, 0.25) is 5.91 Å². The molecule has 1 aromatic heterocycles. The molecule has 3 N–H and O–H groups in total. The topological polar surface area (TPSA) is 82.7 Å². The van der Waals surface area contributed by atoms with Crippen molar-refractivity contribution in [2.75, 3.05) is 16.9 Å². The van der Waals surface area contributed by atoms with Crippen molar-refractivity contribution in [3.63, 3.8) is 0 Å². The van der Waals surface area contributed by atoms with Crippen LogP contribution in [-0.4, -0.2) is 38.8 Å². The number of nitrogens with one attached hydrogen (secondary N) is 3. The molecule has 1 unspecified atom stereocenters. The van der Waals surface area contributed by atoms with E-state index in [9.17, 15) is 4.79 Å². The number of H-pyrrole nitrogens is 1. The summed E-state index contributed by atoms with van der Waals surface area (Å²) in [5, 5.41) is 13.0. The Labute approximate surface area is 120 Å². The summed E-state index contributed by atoms with van der Waals surface area (Å²) in [5.74, 6) is 3.04. The average molecular weight is 289 g/mol. The van der Waals surface area contributed by atoms with Gasteiger partial charge in [-0.3, -0.25) is 15.2 Å². The summed E-state index contributed by atoms with van der Waals surface area (Å²) in [6.07, 6.45) is 0. The van der Waals surface area contributed by atoms with Gasteiger partial charge < -0.3 is 5.32 Å². The Bertz CT molecular complexity index is 621. The van der Waals surface area contributed by atoms with Gasteiger partial charge in [-0.25, -0.2) is 4.98 Å². The first-order chi connectivity index (χ1) is 9.72. The molecule has 1 aliphatic rings. The number of carbonyl (C=O) groups is 1. The number of hydrogen-bond donors (Lipinski definition) is 3. The van der Waals surface area contributed by atoms with Gasteiger partial charge in [-0.2, -0.15) is 5.10 Å². The molecule has 1 saturated heterocycles. The molecule has 0 radical (unpaired) electrons. The molecule has 1 atom stereocenters. The molecule has 0 spiro atoms. The molecule has 1 fully saturated rings. The van der Waals surface area contributed by atoms with Crippen molar-refractivity contribution in [3.05, 3.63) is 30.1 Å². The quantitative estimate of drug-likeness (QED) is 0.795. The van der Waals surface area contributed by atoms with E-state index in [0.717, 1.165) is 28.7 Å². The number of aromatic nitrogens is 3. The van der Waals surface area contributed by atoms with Crippen molar-refractivity contribution in [3.8, 4) is 11.4 Å². The lowest BCUT2D eigenvalue weighted by Gasteiger charge is -2.10. The third-order valence-corrected chi connectivity index (χ3v) is 3.96. The number of rotatable bonds is 3. The van der Waals surface area contributed by atoms with Crippen LogP contribution in [0.15, 0.2) is 24.3 Å². The molecule has 20 heavy (non-hydrogen) atoms. The summed E-state index contributed by atoms with van der Waals surface area (Å²) >= 11 is 1.73. The largest absolute Gasteiger partial charge is 0.325 e. The molecule has 3 rings (SSSR count). The van der Waals surface area contributed by atoms with Gasteiger partial charge in [-0.05, 0) is 19.1 Å². The van der Waals surface area contributed by atoms with E-state index in [-0.39, 0.29) is 11.9 Å². The van der Waals surface area contributed by atoms with Crippen LogP contribution in [0, 0.1) is 6.92 Å². The fraction of sp³-hybridized carbons (Fsp3) is 0.308. The second-order valence-corrected chi connectivity index (χ2v) is 5.62. The lowest BCUT2D eigenvalue weighted by Crippen LogP contribution is -2.37. The standard InChI is InChI=1S/C13H15N5OS/c1-8-15-12(18-17-8)9-3-2-4-10(5-9)16-13(19)11-6-20-7-14-11/h2-5,11,14H,6-7H2,1H3,(H,16,19)(H,15,17,18). The maximum atomic E-state index is 12.0. The Morgan fingerprint density at radius 3 is 3.10 bits per heavy atom. The number of amides is 1. The minimum absolute atomic E-state index is 0.00156. The van der Waals surface area contributed by atoms with E-state index in [1.54, 1.807) is 11.8 Å². The molecule has 0 bridgehead atoms. The van der Waals surface area contributed by atoms with Crippen molar-refractivity contribution in [2.24, 2.45) is 0 Å². The van der Waals surface area contributed by atoms with Gasteiger partial charge in [0, 0.05) is 22.9 Å². The van der Waals surface area contributed by atoms with E-state index < -0.39 is 0 Å². The molecule has 6 nitrogen and oxygen atoms in total. The molecule has 1 aliphatic heterocycles. The highest BCUT2D eigenvalue weighted by Gasteiger charge is 2.22. The number of nitrogens with zero attached hydrogens (tertiary/aromatic N) is 2. The van der Waals surface area contributed by atoms with Crippen LogP contribution in [-0.2, 0) is 4.79 Å². The van der Waals surface area contributed by atoms with Crippen LogP contribution in [0.3, 0.4) is 0 Å². The zero-order chi connectivity index (χ0) is 13.9. The van der Waals surface area contributed by atoms with Crippen LogP contribution in [0.25, 0.3) is 11.4 Å². The van der Waals surface area contributed by atoms with Crippen molar-refractivity contribution in [1.82, 2.24) is 20.5 Å². The lowest BCUT2D eigenvalue weighted by molar-refractivity contribution is -0.117. The molecule has 2 heterocycles. The Balaban J connectivity index is 1.75. The first-order valence-electron chi connectivity index (χ1n) is 6.34. The number of carbonyl (C=O) groups excluding carboxylic acids is 1. The summed E-state index contributed by atoms with van der Waals surface area (Å²) < 4.78 is 0. The Hall–Kier alpha value is -1.86. The van der Waals surface area contributed by atoms with Crippen LogP contribution in [0.1, 0.15) is 5.82 Å². The van der Waals surface area contributed by atoms with Crippen LogP contribution in [0.5, 0.6) is 0 Å². The van der Waals surface area contributed by atoms with Crippen molar-refractivity contribution >= 4 is 23.4 Å². The highest BCUT2D eigenvalue weighted by Crippen LogP contribution is 2.20. The zero-order valence-electron chi connectivity index (χ0n) is 11.0. The second-order valence-electron chi connectivity index (χ2n) is 4.59. The number of aromatic amines is 1. The molecule has 104 valence electrons. The molecule has 7 heteroatoms.